The number of nitrogens with two attached hydrogens (primary N) is 1. The number of rotatable bonds is 7. The Labute approximate surface area is 160 Å². The minimum Gasteiger partial charge on any atom is -0.494 e. The van der Waals surface area contributed by atoms with Gasteiger partial charge in [-0.2, -0.15) is 0 Å². The van der Waals surface area contributed by atoms with Crippen molar-refractivity contribution < 1.29 is 23.1 Å². The lowest BCUT2D eigenvalue weighted by Gasteiger charge is -2.16. The summed E-state index contributed by atoms with van der Waals surface area (Å²) in [5.41, 5.74) is 6.38. The fourth-order valence-electron chi connectivity index (χ4n) is 3.00. The first-order valence-corrected chi connectivity index (χ1v) is 9.05. The molecule has 0 atom stereocenters. The number of carbonyl (C=O) groups is 2. The minimum atomic E-state index is -2.86. The second-order valence-corrected chi connectivity index (χ2v) is 6.63. The molecule has 1 aliphatic heterocycles. The van der Waals surface area contributed by atoms with Gasteiger partial charge in [0.2, 0.25) is 5.91 Å². The van der Waals surface area contributed by atoms with E-state index in [2.05, 4.69) is 10.3 Å². The number of fused-ring (bicyclic) bond motifs is 1. The Morgan fingerprint density at radius 3 is 2.86 bits per heavy atom. The molecule has 3 rings (SSSR count). The third-order valence-electron chi connectivity index (χ3n) is 4.50. The number of nitrogens with one attached hydrogen (secondary N) is 1. The normalized spacial score (nSPS) is 15.6. The SMILES string of the molecule is NCCCOc1ccc2nccc(C(=O)NCC(=O)N3CCC(F)(F)C3)c2c1. The number of benzene rings is 1. The number of likely N-dealkylation sites (tertiary alicyclic amines) is 1. The Hall–Kier alpha value is -2.81. The molecule has 9 heteroatoms. The molecule has 150 valence electrons. The van der Waals surface area contributed by atoms with E-state index in [9.17, 15) is 18.4 Å². The van der Waals surface area contributed by atoms with Crippen LogP contribution in [0.4, 0.5) is 8.78 Å². The Bertz CT molecular complexity index is 875. The second kappa shape index (κ2) is 8.47. The van der Waals surface area contributed by atoms with Gasteiger partial charge in [-0.25, -0.2) is 8.78 Å². The standard InChI is InChI=1S/C19H22F2N4O3/c20-19(21)5-8-25(12-19)17(26)11-24-18(27)14-4-7-23-16-3-2-13(10-15(14)16)28-9-1-6-22/h2-4,7,10H,1,5-6,8-9,11-12,22H2,(H,24,27). The first-order chi connectivity index (χ1) is 13.4. The molecule has 0 spiro atoms. The predicted molar refractivity (Wildman–Crippen MR) is 99.4 cm³/mol. The minimum absolute atomic E-state index is 0.0105. The Morgan fingerprint density at radius 2 is 2.14 bits per heavy atom. The van der Waals surface area contributed by atoms with Gasteiger partial charge in [-0.05, 0) is 37.2 Å². The third kappa shape index (κ3) is 4.72. The Morgan fingerprint density at radius 1 is 1.32 bits per heavy atom. The molecule has 0 bridgehead atoms. The van der Waals surface area contributed by atoms with E-state index in [-0.39, 0.29) is 19.5 Å². The molecule has 0 unspecified atom stereocenters. The van der Waals surface area contributed by atoms with E-state index in [0.29, 0.717) is 41.8 Å². The molecule has 2 amide bonds. The number of hydrogen-bond acceptors (Lipinski definition) is 5. The number of halogens is 2. The van der Waals surface area contributed by atoms with Gasteiger partial charge in [0.15, 0.2) is 0 Å². The van der Waals surface area contributed by atoms with Crippen LogP contribution in [0.1, 0.15) is 23.2 Å². The fourth-order valence-corrected chi connectivity index (χ4v) is 3.00. The lowest BCUT2D eigenvalue weighted by molar-refractivity contribution is -0.130. The summed E-state index contributed by atoms with van der Waals surface area (Å²) in [5, 5.41) is 3.08. The van der Waals surface area contributed by atoms with E-state index in [4.69, 9.17) is 10.5 Å². The zero-order valence-electron chi connectivity index (χ0n) is 15.3. The van der Waals surface area contributed by atoms with Gasteiger partial charge in [-0.1, -0.05) is 0 Å². The molecule has 1 saturated heterocycles. The van der Waals surface area contributed by atoms with Gasteiger partial charge in [-0.3, -0.25) is 14.6 Å². The number of pyridine rings is 1. The van der Waals surface area contributed by atoms with Crippen LogP contribution in [0, 0.1) is 0 Å². The Balaban J connectivity index is 1.68. The number of hydrogen-bond donors (Lipinski definition) is 2. The molecule has 28 heavy (non-hydrogen) atoms. The maximum atomic E-state index is 13.2. The molecule has 2 aromatic rings. The van der Waals surface area contributed by atoms with E-state index in [1.54, 1.807) is 18.2 Å². The fraction of sp³-hybridized carbons (Fsp3) is 0.421. The average molecular weight is 392 g/mol. The molecular weight excluding hydrogens is 370 g/mol. The average Bonchev–Trinajstić information content (AvgIpc) is 3.05. The molecule has 1 aliphatic rings. The van der Waals surface area contributed by atoms with Gasteiger partial charge in [0.1, 0.15) is 5.75 Å². The van der Waals surface area contributed by atoms with Crippen molar-refractivity contribution in [2.75, 3.05) is 32.8 Å². The van der Waals surface area contributed by atoms with Crippen molar-refractivity contribution in [1.29, 1.82) is 0 Å². The highest BCUT2D eigenvalue weighted by atomic mass is 19.3. The lowest BCUT2D eigenvalue weighted by atomic mass is 10.1. The van der Waals surface area contributed by atoms with Crippen LogP contribution in [0.25, 0.3) is 10.9 Å². The summed E-state index contributed by atoms with van der Waals surface area (Å²) in [7, 11) is 0. The molecular formula is C19H22F2N4O3. The van der Waals surface area contributed by atoms with Gasteiger partial charge in [0.05, 0.1) is 30.8 Å². The number of amides is 2. The van der Waals surface area contributed by atoms with E-state index in [1.807, 2.05) is 0 Å². The lowest BCUT2D eigenvalue weighted by Crippen LogP contribution is -2.40. The molecule has 1 aromatic heterocycles. The molecule has 2 heterocycles. The number of ether oxygens (including phenoxy) is 1. The third-order valence-corrected chi connectivity index (χ3v) is 4.50. The van der Waals surface area contributed by atoms with Crippen molar-refractivity contribution in [2.24, 2.45) is 5.73 Å². The van der Waals surface area contributed by atoms with E-state index in [0.717, 1.165) is 4.90 Å². The van der Waals surface area contributed by atoms with Gasteiger partial charge in [-0.15, -0.1) is 0 Å². The second-order valence-electron chi connectivity index (χ2n) is 6.63. The van der Waals surface area contributed by atoms with Crippen LogP contribution in [-0.2, 0) is 4.79 Å². The zero-order chi connectivity index (χ0) is 20.1. The first-order valence-electron chi connectivity index (χ1n) is 9.05. The van der Waals surface area contributed by atoms with Gasteiger partial charge in [0, 0.05) is 24.5 Å². The maximum absolute atomic E-state index is 13.2. The van der Waals surface area contributed by atoms with Crippen molar-refractivity contribution in [3.05, 3.63) is 36.0 Å². The highest BCUT2D eigenvalue weighted by Gasteiger charge is 2.40. The van der Waals surface area contributed by atoms with Crippen LogP contribution >= 0.6 is 0 Å². The molecule has 0 saturated carbocycles. The zero-order valence-corrected chi connectivity index (χ0v) is 15.3. The van der Waals surface area contributed by atoms with Crippen molar-refractivity contribution in [3.8, 4) is 5.75 Å². The van der Waals surface area contributed by atoms with E-state index in [1.165, 1.54) is 12.3 Å². The van der Waals surface area contributed by atoms with Crippen molar-refractivity contribution in [1.82, 2.24) is 15.2 Å². The highest BCUT2D eigenvalue weighted by molar-refractivity contribution is 6.07. The largest absolute Gasteiger partial charge is 0.494 e. The molecule has 7 nitrogen and oxygen atoms in total. The monoisotopic (exact) mass is 392 g/mol. The molecule has 1 fully saturated rings. The smallest absolute Gasteiger partial charge is 0.267 e. The van der Waals surface area contributed by atoms with Crippen molar-refractivity contribution in [3.63, 3.8) is 0 Å². The van der Waals surface area contributed by atoms with Crippen LogP contribution in [0.15, 0.2) is 30.5 Å². The topological polar surface area (TPSA) is 97.5 Å². The summed E-state index contributed by atoms with van der Waals surface area (Å²) in [5.74, 6) is -3.29. The maximum Gasteiger partial charge on any atom is 0.267 e. The predicted octanol–water partition coefficient (Wildman–Crippen LogP) is 1.56. The number of alkyl halides is 2. The van der Waals surface area contributed by atoms with Crippen molar-refractivity contribution in [2.45, 2.75) is 18.8 Å². The molecule has 3 N–H and O–H groups in total. The number of carbonyl (C=O) groups excluding carboxylic acids is 2. The first kappa shape index (κ1) is 19.9. The number of nitrogens with zero attached hydrogens (tertiary/aromatic N) is 2. The van der Waals surface area contributed by atoms with E-state index < -0.39 is 24.3 Å². The molecule has 0 radical (unpaired) electrons. The summed E-state index contributed by atoms with van der Waals surface area (Å²) in [6.07, 6.45) is 1.85. The van der Waals surface area contributed by atoms with Crippen LogP contribution < -0.4 is 15.8 Å². The molecule has 1 aromatic carbocycles. The summed E-state index contributed by atoms with van der Waals surface area (Å²) >= 11 is 0. The summed E-state index contributed by atoms with van der Waals surface area (Å²) in [4.78, 5) is 29.9. The number of aromatic nitrogens is 1. The highest BCUT2D eigenvalue weighted by Crippen LogP contribution is 2.26. The van der Waals surface area contributed by atoms with Crippen LogP contribution in [0.5, 0.6) is 5.75 Å². The van der Waals surface area contributed by atoms with Crippen LogP contribution in [0.2, 0.25) is 0 Å². The van der Waals surface area contributed by atoms with Gasteiger partial charge < -0.3 is 20.7 Å². The summed E-state index contributed by atoms with van der Waals surface area (Å²) in [6.45, 7) is 0.0107. The Kier molecular flexibility index (Phi) is 6.03. The quantitative estimate of drug-likeness (QED) is 0.697. The van der Waals surface area contributed by atoms with Gasteiger partial charge >= 0.3 is 0 Å². The summed E-state index contributed by atoms with van der Waals surface area (Å²) < 4.78 is 32.1. The van der Waals surface area contributed by atoms with Crippen LogP contribution in [0.3, 0.4) is 0 Å². The van der Waals surface area contributed by atoms with E-state index >= 15 is 0 Å². The van der Waals surface area contributed by atoms with Gasteiger partial charge in [0.25, 0.3) is 11.8 Å². The van der Waals surface area contributed by atoms with Crippen molar-refractivity contribution >= 4 is 22.7 Å². The van der Waals surface area contributed by atoms with Crippen LogP contribution in [-0.4, -0.2) is 60.4 Å². The molecule has 0 aliphatic carbocycles. The summed E-state index contributed by atoms with van der Waals surface area (Å²) in [6, 6.07) is 6.73.